The molecule has 0 aliphatic carbocycles. The van der Waals surface area contributed by atoms with Gasteiger partial charge in [-0.1, -0.05) is 12.2 Å². The minimum absolute atomic E-state index is 0.389. The molecule has 0 unspecified atom stereocenters. The third-order valence-electron chi connectivity index (χ3n) is 2.56. The molecule has 3 N–H and O–H groups in total. The van der Waals surface area contributed by atoms with Crippen molar-refractivity contribution in [2.75, 3.05) is 5.32 Å². The van der Waals surface area contributed by atoms with Crippen molar-refractivity contribution in [2.24, 2.45) is 5.73 Å². The molecule has 5 heteroatoms. The number of pyridine rings is 1. The first-order valence-electron chi connectivity index (χ1n) is 5.35. The molecule has 0 spiro atoms. The van der Waals surface area contributed by atoms with E-state index < -0.39 is 0 Å². The Morgan fingerprint density at radius 1 is 1.33 bits per heavy atom. The largest absolute Gasteiger partial charge is 0.389 e. The second-order valence-corrected chi connectivity index (χ2v) is 5.17. The third kappa shape index (κ3) is 2.86. The van der Waals surface area contributed by atoms with Crippen molar-refractivity contribution in [2.45, 2.75) is 6.92 Å². The molecule has 0 saturated heterocycles. The van der Waals surface area contributed by atoms with Crippen LogP contribution < -0.4 is 11.1 Å². The van der Waals surface area contributed by atoms with E-state index in [2.05, 4.69) is 26.2 Å². The molecule has 1 heterocycles. The summed E-state index contributed by atoms with van der Waals surface area (Å²) in [5.74, 6) is 0. The van der Waals surface area contributed by atoms with Gasteiger partial charge in [0.1, 0.15) is 4.99 Å². The van der Waals surface area contributed by atoms with Crippen molar-refractivity contribution >= 4 is 44.5 Å². The summed E-state index contributed by atoms with van der Waals surface area (Å²) in [5, 5.41) is 3.31. The molecule has 2 aromatic rings. The fourth-order valence-electron chi connectivity index (χ4n) is 1.51. The summed E-state index contributed by atoms with van der Waals surface area (Å²) in [7, 11) is 0. The first-order valence-corrected chi connectivity index (χ1v) is 6.55. The lowest BCUT2D eigenvalue weighted by molar-refractivity contribution is 1.28. The number of nitrogens with zero attached hydrogens (tertiary/aromatic N) is 1. The Hall–Kier alpha value is -1.46. The zero-order valence-electron chi connectivity index (χ0n) is 9.77. The minimum atomic E-state index is 0.389. The van der Waals surface area contributed by atoms with Crippen LogP contribution in [0.25, 0.3) is 0 Å². The molecule has 1 aromatic carbocycles. The number of aryl methyl sites for hydroxylation is 1. The number of nitrogens with two attached hydrogens (primary N) is 1. The van der Waals surface area contributed by atoms with Gasteiger partial charge in [-0.2, -0.15) is 0 Å². The molecule has 2 rings (SSSR count). The molecule has 0 fully saturated rings. The van der Waals surface area contributed by atoms with E-state index in [0.29, 0.717) is 4.99 Å². The lowest BCUT2D eigenvalue weighted by Gasteiger charge is -2.11. The van der Waals surface area contributed by atoms with E-state index >= 15 is 0 Å². The van der Waals surface area contributed by atoms with E-state index in [9.17, 15) is 0 Å². The Kier molecular flexibility index (Phi) is 3.93. The number of hydrogen-bond donors (Lipinski definition) is 2. The Labute approximate surface area is 120 Å². The van der Waals surface area contributed by atoms with Gasteiger partial charge in [-0.15, -0.1) is 0 Å². The highest BCUT2D eigenvalue weighted by Gasteiger charge is 2.05. The van der Waals surface area contributed by atoms with Crippen molar-refractivity contribution in [1.82, 2.24) is 4.98 Å². The van der Waals surface area contributed by atoms with Crippen LogP contribution in [0.4, 0.5) is 11.4 Å². The highest BCUT2D eigenvalue weighted by Crippen LogP contribution is 2.27. The number of rotatable bonds is 3. The van der Waals surface area contributed by atoms with E-state index in [-0.39, 0.29) is 0 Å². The van der Waals surface area contributed by atoms with Crippen LogP contribution in [0.15, 0.2) is 41.1 Å². The number of benzene rings is 1. The Bertz CT molecular complexity index is 599. The van der Waals surface area contributed by atoms with E-state index in [0.717, 1.165) is 27.0 Å². The lowest BCUT2D eigenvalue weighted by Crippen LogP contribution is -2.09. The number of halogens is 1. The van der Waals surface area contributed by atoms with Gasteiger partial charge in [0, 0.05) is 16.2 Å². The topological polar surface area (TPSA) is 50.9 Å². The zero-order valence-corrected chi connectivity index (χ0v) is 12.2. The molecule has 1 aromatic heterocycles. The molecule has 0 bridgehead atoms. The molecular weight excluding hydrogens is 310 g/mol. The average molecular weight is 322 g/mol. The van der Waals surface area contributed by atoms with E-state index in [1.807, 2.05) is 31.2 Å². The number of anilines is 2. The van der Waals surface area contributed by atoms with Crippen molar-refractivity contribution in [3.8, 4) is 0 Å². The number of thiocarbonyl (C=S) groups is 1. The van der Waals surface area contributed by atoms with Crippen LogP contribution in [0.5, 0.6) is 0 Å². The van der Waals surface area contributed by atoms with Crippen LogP contribution in [0.2, 0.25) is 0 Å². The molecule has 0 radical (unpaired) electrons. The lowest BCUT2D eigenvalue weighted by atomic mass is 10.2. The van der Waals surface area contributed by atoms with Crippen molar-refractivity contribution in [1.29, 1.82) is 0 Å². The predicted octanol–water partition coefficient (Wildman–Crippen LogP) is 3.53. The minimum Gasteiger partial charge on any atom is -0.389 e. The summed E-state index contributed by atoms with van der Waals surface area (Å²) < 4.78 is 0.913. The van der Waals surface area contributed by atoms with Gasteiger partial charge in [0.15, 0.2) is 0 Å². The Morgan fingerprint density at radius 3 is 2.72 bits per heavy atom. The van der Waals surface area contributed by atoms with Crippen molar-refractivity contribution in [3.05, 3.63) is 52.3 Å². The zero-order chi connectivity index (χ0) is 13.1. The summed E-state index contributed by atoms with van der Waals surface area (Å²) in [4.78, 5) is 4.49. The fourth-order valence-corrected chi connectivity index (χ4v) is 2.11. The normalized spacial score (nSPS) is 10.1. The van der Waals surface area contributed by atoms with Crippen LogP contribution in [0.1, 0.15) is 11.1 Å². The van der Waals surface area contributed by atoms with Gasteiger partial charge in [0.25, 0.3) is 0 Å². The van der Waals surface area contributed by atoms with Gasteiger partial charge < -0.3 is 11.1 Å². The first-order chi connectivity index (χ1) is 8.58. The first kappa shape index (κ1) is 13.0. The van der Waals surface area contributed by atoms with Gasteiger partial charge in [-0.3, -0.25) is 4.98 Å². The quantitative estimate of drug-likeness (QED) is 0.849. The molecular formula is C13H12BrN3S. The summed E-state index contributed by atoms with van der Waals surface area (Å²) in [6.45, 7) is 2.03. The summed E-state index contributed by atoms with van der Waals surface area (Å²) >= 11 is 8.44. The molecule has 92 valence electrons. The van der Waals surface area contributed by atoms with Crippen LogP contribution in [0.3, 0.4) is 0 Å². The summed E-state index contributed by atoms with van der Waals surface area (Å²) in [6, 6.07) is 7.68. The van der Waals surface area contributed by atoms with Gasteiger partial charge in [0.2, 0.25) is 0 Å². The highest BCUT2D eigenvalue weighted by molar-refractivity contribution is 9.10. The van der Waals surface area contributed by atoms with E-state index in [1.54, 1.807) is 12.4 Å². The SMILES string of the molecule is Cc1ccncc1Nc1ccc(C(N)=S)cc1Br. The maximum Gasteiger partial charge on any atom is 0.104 e. The molecule has 0 atom stereocenters. The smallest absolute Gasteiger partial charge is 0.104 e. The van der Waals surface area contributed by atoms with Crippen LogP contribution in [-0.4, -0.2) is 9.97 Å². The van der Waals surface area contributed by atoms with Gasteiger partial charge in [0.05, 0.1) is 17.6 Å². The molecule has 0 aliphatic heterocycles. The fraction of sp³-hybridized carbons (Fsp3) is 0.0769. The maximum absolute atomic E-state index is 5.59. The molecule has 0 amide bonds. The molecule has 0 aliphatic rings. The Morgan fingerprint density at radius 2 is 2.11 bits per heavy atom. The number of hydrogen-bond acceptors (Lipinski definition) is 3. The number of nitrogens with one attached hydrogen (secondary N) is 1. The molecule has 3 nitrogen and oxygen atoms in total. The average Bonchev–Trinajstić information content (AvgIpc) is 2.34. The third-order valence-corrected chi connectivity index (χ3v) is 3.45. The van der Waals surface area contributed by atoms with Crippen molar-refractivity contribution < 1.29 is 0 Å². The second kappa shape index (κ2) is 5.46. The second-order valence-electron chi connectivity index (χ2n) is 3.87. The van der Waals surface area contributed by atoms with Gasteiger partial charge in [-0.05, 0) is 52.7 Å². The highest BCUT2D eigenvalue weighted by atomic mass is 79.9. The van der Waals surface area contributed by atoms with Crippen LogP contribution in [-0.2, 0) is 0 Å². The Balaban J connectivity index is 2.30. The number of aromatic nitrogens is 1. The van der Waals surface area contributed by atoms with E-state index in [4.69, 9.17) is 18.0 Å². The monoisotopic (exact) mass is 321 g/mol. The van der Waals surface area contributed by atoms with Crippen LogP contribution >= 0.6 is 28.1 Å². The van der Waals surface area contributed by atoms with Gasteiger partial charge in [-0.25, -0.2) is 0 Å². The molecule has 0 saturated carbocycles. The maximum atomic E-state index is 5.59. The van der Waals surface area contributed by atoms with Crippen molar-refractivity contribution in [3.63, 3.8) is 0 Å². The van der Waals surface area contributed by atoms with Gasteiger partial charge >= 0.3 is 0 Å². The van der Waals surface area contributed by atoms with Crippen LogP contribution in [0, 0.1) is 6.92 Å². The van der Waals surface area contributed by atoms with E-state index in [1.165, 1.54) is 0 Å². The predicted molar refractivity (Wildman–Crippen MR) is 82.3 cm³/mol. The standard InChI is InChI=1S/C13H12BrN3S/c1-8-4-5-16-7-12(8)17-11-3-2-9(13(15)18)6-10(11)14/h2-7,17H,1H3,(H2,15,18). The summed E-state index contributed by atoms with van der Waals surface area (Å²) in [5.41, 5.74) is 9.49. The summed E-state index contributed by atoms with van der Waals surface area (Å²) in [6.07, 6.45) is 3.56. The molecule has 18 heavy (non-hydrogen) atoms.